The minimum atomic E-state index is 0.172. The van der Waals surface area contributed by atoms with E-state index in [1.165, 1.54) is 0 Å². The third-order valence-electron chi connectivity index (χ3n) is 3.63. The van der Waals surface area contributed by atoms with E-state index >= 15 is 0 Å². The molecule has 3 rings (SSSR count). The van der Waals surface area contributed by atoms with Gasteiger partial charge in [-0.2, -0.15) is 16.9 Å². The molecule has 1 aromatic carbocycles. The summed E-state index contributed by atoms with van der Waals surface area (Å²) in [5, 5.41) is 8.06. The first-order chi connectivity index (χ1) is 10.4. The van der Waals surface area contributed by atoms with Crippen LogP contribution in [0.2, 0.25) is 0 Å². The van der Waals surface area contributed by atoms with Crippen molar-refractivity contribution in [3.8, 4) is 5.69 Å². The normalized spacial score (nSPS) is 20.3. The smallest absolute Gasteiger partial charge is 0.0875 e. The molecule has 5 heteroatoms. The molecule has 0 bridgehead atoms. The summed E-state index contributed by atoms with van der Waals surface area (Å²) in [7, 11) is 0. The zero-order valence-electron chi connectivity index (χ0n) is 12.2. The molecule has 1 N–H and O–H groups in total. The molecule has 21 heavy (non-hydrogen) atoms. The van der Waals surface area contributed by atoms with Crippen LogP contribution in [-0.2, 0) is 4.74 Å². The Morgan fingerprint density at radius 2 is 2.24 bits per heavy atom. The first-order valence-corrected chi connectivity index (χ1v) is 8.57. The molecule has 0 aliphatic carbocycles. The van der Waals surface area contributed by atoms with Crippen LogP contribution < -0.4 is 5.32 Å². The molecule has 1 aliphatic heterocycles. The van der Waals surface area contributed by atoms with Crippen molar-refractivity contribution in [1.82, 2.24) is 15.1 Å². The average Bonchev–Trinajstić information content (AvgIpc) is 3.03. The van der Waals surface area contributed by atoms with Crippen LogP contribution in [0.3, 0.4) is 0 Å². The van der Waals surface area contributed by atoms with Gasteiger partial charge in [-0.15, -0.1) is 0 Å². The fourth-order valence-electron chi connectivity index (χ4n) is 2.68. The number of ether oxygens (including phenoxy) is 1. The Hall–Kier alpha value is -1.30. The Kier molecular flexibility index (Phi) is 4.95. The Balaban J connectivity index is 1.91. The highest BCUT2D eigenvalue weighted by atomic mass is 32.2. The number of benzene rings is 1. The van der Waals surface area contributed by atoms with Gasteiger partial charge in [0.1, 0.15) is 0 Å². The monoisotopic (exact) mass is 303 g/mol. The maximum Gasteiger partial charge on any atom is 0.0875 e. The van der Waals surface area contributed by atoms with Gasteiger partial charge in [-0.05, 0) is 24.7 Å². The summed E-state index contributed by atoms with van der Waals surface area (Å²) in [5.74, 6) is 2.12. The van der Waals surface area contributed by atoms with Gasteiger partial charge in [-0.3, -0.25) is 0 Å². The van der Waals surface area contributed by atoms with Crippen molar-refractivity contribution in [3.63, 3.8) is 0 Å². The Morgan fingerprint density at radius 1 is 1.38 bits per heavy atom. The van der Waals surface area contributed by atoms with Crippen molar-refractivity contribution in [1.29, 1.82) is 0 Å². The largest absolute Gasteiger partial charge is 0.374 e. The highest BCUT2D eigenvalue weighted by Crippen LogP contribution is 2.27. The first-order valence-electron chi connectivity index (χ1n) is 7.42. The number of nitrogens with one attached hydrogen (secondary N) is 1. The molecule has 2 unspecified atom stereocenters. The van der Waals surface area contributed by atoms with Crippen molar-refractivity contribution in [2.75, 3.05) is 24.7 Å². The predicted molar refractivity (Wildman–Crippen MR) is 87.0 cm³/mol. The molecule has 1 fully saturated rings. The van der Waals surface area contributed by atoms with Crippen LogP contribution in [0, 0.1) is 0 Å². The lowest BCUT2D eigenvalue weighted by atomic mass is 10.1. The van der Waals surface area contributed by atoms with Gasteiger partial charge in [0.2, 0.25) is 0 Å². The maximum atomic E-state index is 5.98. The lowest BCUT2D eigenvalue weighted by Crippen LogP contribution is -2.39. The lowest BCUT2D eigenvalue weighted by molar-refractivity contribution is 0.0455. The fraction of sp³-hybridized carbons (Fsp3) is 0.438. The van der Waals surface area contributed by atoms with Gasteiger partial charge >= 0.3 is 0 Å². The van der Waals surface area contributed by atoms with Crippen LogP contribution in [0.25, 0.3) is 5.69 Å². The molecule has 2 heterocycles. The van der Waals surface area contributed by atoms with Gasteiger partial charge in [0.15, 0.2) is 0 Å². The summed E-state index contributed by atoms with van der Waals surface area (Å²) in [6.45, 7) is 3.87. The van der Waals surface area contributed by atoms with Gasteiger partial charge in [-0.25, -0.2) is 4.68 Å². The van der Waals surface area contributed by atoms with E-state index in [0.29, 0.717) is 0 Å². The molecule has 0 saturated carbocycles. The van der Waals surface area contributed by atoms with Crippen LogP contribution in [0.4, 0.5) is 0 Å². The number of rotatable bonds is 5. The van der Waals surface area contributed by atoms with E-state index in [1.54, 1.807) is 0 Å². The molecule has 0 radical (unpaired) electrons. The molecule has 2 aromatic rings. The zero-order valence-corrected chi connectivity index (χ0v) is 13.1. The summed E-state index contributed by atoms with van der Waals surface area (Å²) < 4.78 is 7.99. The fourth-order valence-corrected chi connectivity index (χ4v) is 3.58. The van der Waals surface area contributed by atoms with Gasteiger partial charge < -0.3 is 10.1 Å². The van der Waals surface area contributed by atoms with Crippen molar-refractivity contribution in [3.05, 3.63) is 48.3 Å². The van der Waals surface area contributed by atoms with Gasteiger partial charge in [0.05, 0.1) is 30.1 Å². The molecule has 1 aliphatic rings. The van der Waals surface area contributed by atoms with Crippen molar-refractivity contribution in [2.45, 2.75) is 19.1 Å². The maximum absolute atomic E-state index is 5.98. The van der Waals surface area contributed by atoms with Gasteiger partial charge in [-0.1, -0.05) is 25.1 Å². The SMILES string of the molecule is CCNC(c1ccnn1-c1ccccc1)C1CSCCO1. The van der Waals surface area contributed by atoms with E-state index < -0.39 is 0 Å². The number of hydrogen-bond donors (Lipinski definition) is 1. The number of aromatic nitrogens is 2. The number of likely N-dealkylation sites (N-methyl/N-ethyl adjacent to an activating group) is 1. The van der Waals surface area contributed by atoms with Gasteiger partial charge in [0, 0.05) is 17.7 Å². The molecule has 2 atom stereocenters. The quantitative estimate of drug-likeness (QED) is 0.922. The van der Waals surface area contributed by atoms with Crippen LogP contribution in [0.1, 0.15) is 18.7 Å². The third-order valence-corrected chi connectivity index (χ3v) is 4.65. The van der Waals surface area contributed by atoms with Crippen molar-refractivity contribution in [2.24, 2.45) is 0 Å². The molecular formula is C16H21N3OS. The number of nitrogens with zero attached hydrogens (tertiary/aromatic N) is 2. The molecule has 0 amide bonds. The topological polar surface area (TPSA) is 39.1 Å². The highest BCUT2D eigenvalue weighted by Gasteiger charge is 2.28. The number of para-hydroxylation sites is 1. The second-order valence-corrected chi connectivity index (χ2v) is 6.17. The zero-order chi connectivity index (χ0) is 14.5. The first kappa shape index (κ1) is 14.6. The number of thioether (sulfide) groups is 1. The van der Waals surface area contributed by atoms with Gasteiger partial charge in [0.25, 0.3) is 0 Å². The molecule has 1 aromatic heterocycles. The second-order valence-electron chi connectivity index (χ2n) is 5.02. The van der Waals surface area contributed by atoms with E-state index in [-0.39, 0.29) is 12.1 Å². The molecular weight excluding hydrogens is 282 g/mol. The average molecular weight is 303 g/mol. The van der Waals surface area contributed by atoms with E-state index in [9.17, 15) is 0 Å². The van der Waals surface area contributed by atoms with E-state index in [2.05, 4.69) is 35.5 Å². The van der Waals surface area contributed by atoms with Crippen LogP contribution in [0.5, 0.6) is 0 Å². The van der Waals surface area contributed by atoms with Crippen molar-refractivity contribution >= 4 is 11.8 Å². The van der Waals surface area contributed by atoms with Crippen LogP contribution >= 0.6 is 11.8 Å². The highest BCUT2D eigenvalue weighted by molar-refractivity contribution is 7.99. The lowest BCUT2D eigenvalue weighted by Gasteiger charge is -2.31. The Labute approximate surface area is 129 Å². The molecule has 112 valence electrons. The summed E-state index contributed by atoms with van der Waals surface area (Å²) in [6, 6.07) is 12.5. The summed E-state index contributed by atoms with van der Waals surface area (Å²) in [5.41, 5.74) is 2.25. The predicted octanol–water partition coefficient (Wildman–Crippen LogP) is 2.65. The second kappa shape index (κ2) is 7.11. The Bertz CT molecular complexity index is 552. The molecule has 0 spiro atoms. The molecule has 1 saturated heterocycles. The van der Waals surface area contributed by atoms with E-state index in [0.717, 1.165) is 36.0 Å². The Morgan fingerprint density at radius 3 is 2.95 bits per heavy atom. The third kappa shape index (κ3) is 3.31. The van der Waals surface area contributed by atoms with E-state index in [4.69, 9.17) is 4.74 Å². The van der Waals surface area contributed by atoms with Crippen LogP contribution in [-0.4, -0.2) is 40.5 Å². The minimum absolute atomic E-state index is 0.172. The summed E-state index contributed by atoms with van der Waals surface area (Å²) >= 11 is 1.96. The van der Waals surface area contributed by atoms with E-state index in [1.807, 2.05) is 40.8 Å². The van der Waals surface area contributed by atoms with Crippen LogP contribution in [0.15, 0.2) is 42.6 Å². The minimum Gasteiger partial charge on any atom is -0.374 e. The summed E-state index contributed by atoms with van der Waals surface area (Å²) in [4.78, 5) is 0. The number of hydrogen-bond acceptors (Lipinski definition) is 4. The standard InChI is InChI=1S/C16H21N3OS/c1-2-17-16(15-12-21-11-10-20-15)14-8-9-18-19(14)13-6-4-3-5-7-13/h3-9,15-17H,2,10-12H2,1H3. The van der Waals surface area contributed by atoms with Crippen molar-refractivity contribution < 1.29 is 4.74 Å². The molecule has 4 nitrogen and oxygen atoms in total. The summed E-state index contributed by atoms with van der Waals surface area (Å²) in [6.07, 6.45) is 2.06.